The van der Waals surface area contributed by atoms with E-state index in [-0.39, 0.29) is 16.8 Å². The average Bonchev–Trinajstić information content (AvgIpc) is 2.28. The number of rotatable bonds is 4. The van der Waals surface area contributed by atoms with Crippen molar-refractivity contribution < 1.29 is 18.3 Å². The topological polar surface area (TPSA) is 39.2 Å². The van der Waals surface area contributed by atoms with E-state index in [1.807, 2.05) is 0 Å². The molecule has 1 aromatic rings. The molecular formula is C10H9BrClF2NO2. The highest BCUT2D eigenvalue weighted by Gasteiger charge is 2.18. The summed E-state index contributed by atoms with van der Waals surface area (Å²) in [4.78, 5) is 14.9. The van der Waals surface area contributed by atoms with Gasteiger partial charge in [-0.1, -0.05) is 27.5 Å². The third-order valence-electron chi connectivity index (χ3n) is 2.07. The lowest BCUT2D eigenvalue weighted by atomic mass is 10.1. The smallest absolute Gasteiger partial charge is 0.310 e. The normalized spacial score (nSPS) is 10.7. The zero-order valence-corrected chi connectivity index (χ0v) is 11.2. The van der Waals surface area contributed by atoms with Crippen LogP contribution in [0.3, 0.4) is 0 Å². The van der Waals surface area contributed by atoms with Crippen LogP contribution in [0.2, 0.25) is 5.02 Å². The van der Waals surface area contributed by atoms with Crippen LogP contribution in [0.4, 0.5) is 8.78 Å². The highest BCUT2D eigenvalue weighted by molar-refractivity contribution is 9.08. The first kappa shape index (κ1) is 14.3. The van der Waals surface area contributed by atoms with Crippen LogP contribution in [0.5, 0.6) is 0 Å². The van der Waals surface area contributed by atoms with E-state index in [2.05, 4.69) is 25.7 Å². The van der Waals surface area contributed by atoms with E-state index >= 15 is 0 Å². The number of carbonyl (C=O) groups is 1. The van der Waals surface area contributed by atoms with Crippen LogP contribution in [-0.2, 0) is 21.3 Å². The largest absolute Gasteiger partial charge is 0.469 e. The number of esters is 1. The van der Waals surface area contributed by atoms with Gasteiger partial charge >= 0.3 is 5.97 Å². The second-order valence-electron chi connectivity index (χ2n) is 3.15. The fourth-order valence-electron chi connectivity index (χ4n) is 1.23. The van der Waals surface area contributed by atoms with Gasteiger partial charge in [-0.3, -0.25) is 4.79 Å². The van der Waals surface area contributed by atoms with Gasteiger partial charge in [-0.05, 0) is 11.6 Å². The van der Waals surface area contributed by atoms with Gasteiger partial charge in [-0.2, -0.15) is 0 Å². The number of alkyl halides is 3. The molecule has 0 aliphatic carbocycles. The number of carbonyl (C=O) groups excluding carboxylic acids is 1. The van der Waals surface area contributed by atoms with Crippen LogP contribution in [0.25, 0.3) is 0 Å². The number of hydrogen-bond donors (Lipinski definition) is 0. The monoisotopic (exact) mass is 327 g/mol. The van der Waals surface area contributed by atoms with Crippen LogP contribution in [0.15, 0.2) is 6.07 Å². The van der Waals surface area contributed by atoms with Crippen LogP contribution in [-0.4, -0.2) is 18.1 Å². The van der Waals surface area contributed by atoms with E-state index in [4.69, 9.17) is 11.6 Å². The van der Waals surface area contributed by atoms with E-state index in [9.17, 15) is 13.6 Å². The molecule has 94 valence electrons. The molecular weight excluding hydrogens is 319 g/mol. The number of halogens is 4. The summed E-state index contributed by atoms with van der Waals surface area (Å²) >= 11 is 8.80. The van der Waals surface area contributed by atoms with Gasteiger partial charge in [-0.15, -0.1) is 0 Å². The number of aromatic nitrogens is 1. The second-order valence-corrected chi connectivity index (χ2v) is 4.12. The third-order valence-corrected chi connectivity index (χ3v) is 2.90. The first-order chi connectivity index (χ1) is 7.99. The number of methoxy groups -OCH3 is 1. The van der Waals surface area contributed by atoms with Crippen LogP contribution >= 0.6 is 27.5 Å². The Bertz CT molecular complexity index is 429. The minimum absolute atomic E-state index is 0.0479. The Balaban J connectivity index is 3.14. The molecule has 1 heterocycles. The van der Waals surface area contributed by atoms with Crippen molar-refractivity contribution in [1.29, 1.82) is 0 Å². The molecule has 0 amide bonds. The van der Waals surface area contributed by atoms with Gasteiger partial charge in [0.25, 0.3) is 6.43 Å². The summed E-state index contributed by atoms with van der Waals surface area (Å²) in [7, 11) is 1.25. The van der Waals surface area contributed by atoms with Crippen molar-refractivity contribution in [3.8, 4) is 0 Å². The Morgan fingerprint density at radius 3 is 2.76 bits per heavy atom. The van der Waals surface area contributed by atoms with Gasteiger partial charge in [-0.25, -0.2) is 13.8 Å². The fraction of sp³-hybridized carbons (Fsp3) is 0.400. The van der Waals surface area contributed by atoms with E-state index in [0.717, 1.165) is 0 Å². The molecule has 1 aromatic heterocycles. The number of pyridine rings is 1. The maximum atomic E-state index is 12.6. The van der Waals surface area contributed by atoms with E-state index in [1.54, 1.807) is 0 Å². The predicted molar refractivity (Wildman–Crippen MR) is 62.6 cm³/mol. The predicted octanol–water partition coefficient (Wildman–Crippen LogP) is 3.28. The Morgan fingerprint density at radius 2 is 2.29 bits per heavy atom. The minimum Gasteiger partial charge on any atom is -0.469 e. The molecule has 0 saturated carbocycles. The molecule has 0 saturated heterocycles. The molecule has 7 heteroatoms. The summed E-state index contributed by atoms with van der Waals surface area (Å²) in [5.41, 5.74) is 0.355. The number of nitrogens with zero attached hydrogens (tertiary/aromatic N) is 1. The summed E-state index contributed by atoms with van der Waals surface area (Å²) < 4.78 is 29.6. The van der Waals surface area contributed by atoms with Gasteiger partial charge in [0, 0.05) is 5.33 Å². The lowest BCUT2D eigenvalue weighted by Gasteiger charge is -2.10. The molecule has 1 rings (SSSR count). The van der Waals surface area contributed by atoms with Crippen molar-refractivity contribution in [2.75, 3.05) is 7.11 Å². The van der Waals surface area contributed by atoms with Crippen molar-refractivity contribution >= 4 is 33.5 Å². The van der Waals surface area contributed by atoms with Crippen LogP contribution < -0.4 is 0 Å². The maximum Gasteiger partial charge on any atom is 0.310 e. The van der Waals surface area contributed by atoms with Crippen molar-refractivity contribution in [2.45, 2.75) is 18.2 Å². The maximum absolute atomic E-state index is 12.6. The summed E-state index contributed by atoms with van der Waals surface area (Å²) in [6.07, 6.45) is -2.79. The molecule has 0 aromatic carbocycles. The minimum atomic E-state index is -2.74. The molecule has 0 unspecified atom stereocenters. The molecule has 0 aliphatic heterocycles. The molecule has 0 N–H and O–H groups in total. The van der Waals surface area contributed by atoms with Crippen LogP contribution in [0, 0.1) is 0 Å². The van der Waals surface area contributed by atoms with Crippen molar-refractivity contribution in [1.82, 2.24) is 4.98 Å². The van der Waals surface area contributed by atoms with Gasteiger partial charge in [0.1, 0.15) is 5.69 Å². The Kier molecular flexibility index (Phi) is 5.27. The Hall–Kier alpha value is -0.750. The summed E-state index contributed by atoms with van der Waals surface area (Å²) in [6, 6.07) is 1.32. The third kappa shape index (κ3) is 3.61. The number of hydrogen-bond acceptors (Lipinski definition) is 3. The molecule has 0 radical (unpaired) electrons. The molecule has 3 nitrogen and oxygen atoms in total. The second kappa shape index (κ2) is 6.26. The summed E-state index contributed by atoms with van der Waals surface area (Å²) in [5, 5.41) is 0.111. The SMILES string of the molecule is COC(=O)Cc1cc(Cl)c(C(F)F)nc1CBr. The summed E-state index contributed by atoms with van der Waals surface area (Å²) in [6.45, 7) is 0. The Morgan fingerprint density at radius 1 is 1.65 bits per heavy atom. The first-order valence-corrected chi connectivity index (χ1v) is 6.08. The van der Waals surface area contributed by atoms with E-state index in [1.165, 1.54) is 13.2 Å². The highest BCUT2D eigenvalue weighted by atomic mass is 79.9. The van der Waals surface area contributed by atoms with Crippen molar-refractivity contribution in [3.63, 3.8) is 0 Å². The zero-order valence-electron chi connectivity index (χ0n) is 8.84. The molecule has 0 fully saturated rings. The van der Waals surface area contributed by atoms with Gasteiger partial charge < -0.3 is 4.74 Å². The highest BCUT2D eigenvalue weighted by Crippen LogP contribution is 2.28. The number of ether oxygens (including phenoxy) is 1. The van der Waals surface area contributed by atoms with E-state index in [0.29, 0.717) is 11.3 Å². The molecule has 0 bridgehead atoms. The van der Waals surface area contributed by atoms with Gasteiger partial charge in [0.05, 0.1) is 24.2 Å². The molecule has 17 heavy (non-hydrogen) atoms. The zero-order chi connectivity index (χ0) is 13.0. The quantitative estimate of drug-likeness (QED) is 0.629. The van der Waals surface area contributed by atoms with Gasteiger partial charge in [0.2, 0.25) is 0 Å². The van der Waals surface area contributed by atoms with Crippen molar-refractivity contribution in [2.24, 2.45) is 0 Å². The van der Waals surface area contributed by atoms with Crippen molar-refractivity contribution in [3.05, 3.63) is 28.0 Å². The average molecular weight is 329 g/mol. The fourth-order valence-corrected chi connectivity index (χ4v) is 1.97. The lowest BCUT2D eigenvalue weighted by molar-refractivity contribution is -0.139. The first-order valence-electron chi connectivity index (χ1n) is 4.58. The molecule has 0 spiro atoms. The van der Waals surface area contributed by atoms with Crippen LogP contribution in [0.1, 0.15) is 23.4 Å². The van der Waals surface area contributed by atoms with E-state index < -0.39 is 18.1 Å². The Labute approximate surface area is 110 Å². The standard InChI is InChI=1S/C10H9BrClF2NO2/c1-17-8(16)3-5-2-6(12)9(10(13)14)15-7(5)4-11/h2,10H,3-4H2,1H3. The lowest BCUT2D eigenvalue weighted by Crippen LogP contribution is -2.09. The summed E-state index contributed by atoms with van der Waals surface area (Å²) in [5.74, 6) is -0.477. The molecule has 0 aliphatic rings. The molecule has 0 atom stereocenters. The van der Waals surface area contributed by atoms with Gasteiger partial charge in [0.15, 0.2) is 0 Å².